The SMILES string of the molecule is O=C(O)CCCN1C(=O)C(=C2C(=O)N(Cc3ccc(Cl)cc3)c3ccccc32)SC1=S. The van der Waals surface area contributed by atoms with E-state index < -0.39 is 5.97 Å². The summed E-state index contributed by atoms with van der Waals surface area (Å²) < 4.78 is 0.333. The van der Waals surface area contributed by atoms with Gasteiger partial charge in [-0.3, -0.25) is 19.3 Å². The van der Waals surface area contributed by atoms with Gasteiger partial charge in [0.25, 0.3) is 11.8 Å². The van der Waals surface area contributed by atoms with E-state index in [1.54, 1.807) is 17.0 Å². The number of carboxylic acid groups (broad SMARTS) is 1. The van der Waals surface area contributed by atoms with Crippen molar-refractivity contribution in [1.29, 1.82) is 0 Å². The van der Waals surface area contributed by atoms with Gasteiger partial charge in [0.15, 0.2) is 0 Å². The second-order valence-corrected chi connectivity index (χ2v) is 9.14. The summed E-state index contributed by atoms with van der Waals surface area (Å²) in [4.78, 5) is 40.6. The van der Waals surface area contributed by atoms with Crippen molar-refractivity contribution in [3.63, 3.8) is 0 Å². The zero-order valence-electron chi connectivity index (χ0n) is 16.2. The quantitative estimate of drug-likeness (QED) is 0.498. The third-order valence-electron chi connectivity index (χ3n) is 5.03. The number of para-hydroxylation sites is 1. The van der Waals surface area contributed by atoms with Crippen LogP contribution in [0.2, 0.25) is 5.02 Å². The minimum absolute atomic E-state index is 0.0560. The van der Waals surface area contributed by atoms with Crippen LogP contribution in [-0.2, 0) is 20.9 Å². The van der Waals surface area contributed by atoms with Gasteiger partial charge in [0.2, 0.25) is 0 Å². The number of benzene rings is 2. The lowest BCUT2D eigenvalue weighted by Gasteiger charge is -2.17. The number of nitrogens with zero attached hydrogens (tertiary/aromatic N) is 2. The molecule has 0 aliphatic carbocycles. The Bertz CT molecular complexity index is 1130. The Kier molecular flexibility index (Phi) is 6.13. The van der Waals surface area contributed by atoms with Crippen LogP contribution in [-0.4, -0.2) is 38.7 Å². The third-order valence-corrected chi connectivity index (χ3v) is 6.73. The van der Waals surface area contributed by atoms with Gasteiger partial charge in [-0.05, 0) is 30.2 Å². The summed E-state index contributed by atoms with van der Waals surface area (Å²) in [5, 5.41) is 9.46. The fraction of sp³-hybridized carbons (Fsp3) is 0.182. The topological polar surface area (TPSA) is 77.9 Å². The summed E-state index contributed by atoms with van der Waals surface area (Å²) in [5.74, 6) is -1.55. The van der Waals surface area contributed by atoms with Gasteiger partial charge < -0.3 is 10.0 Å². The van der Waals surface area contributed by atoms with E-state index in [0.717, 1.165) is 23.0 Å². The zero-order valence-corrected chi connectivity index (χ0v) is 18.6. The standard InChI is InChI=1S/C22H17ClN2O4S2/c23-14-9-7-13(8-10-14)12-25-16-5-2-1-4-15(16)18(20(25)28)19-21(29)24(22(30)31-19)11-3-6-17(26)27/h1-2,4-5,7-10H,3,6,11-12H2,(H,26,27). The van der Waals surface area contributed by atoms with Crippen molar-refractivity contribution in [2.45, 2.75) is 19.4 Å². The lowest BCUT2D eigenvalue weighted by molar-refractivity contribution is -0.137. The van der Waals surface area contributed by atoms with E-state index >= 15 is 0 Å². The molecule has 0 saturated carbocycles. The Labute approximate surface area is 193 Å². The predicted molar refractivity (Wildman–Crippen MR) is 125 cm³/mol. The van der Waals surface area contributed by atoms with Crippen LogP contribution in [0.4, 0.5) is 5.69 Å². The average molecular weight is 473 g/mol. The van der Waals surface area contributed by atoms with E-state index in [1.165, 1.54) is 4.90 Å². The van der Waals surface area contributed by atoms with Crippen molar-refractivity contribution in [3.8, 4) is 0 Å². The number of anilines is 1. The molecule has 2 aromatic rings. The summed E-state index contributed by atoms with van der Waals surface area (Å²) in [6.45, 7) is 0.549. The highest BCUT2D eigenvalue weighted by Crippen LogP contribution is 2.45. The molecular weight excluding hydrogens is 456 g/mol. The molecule has 0 radical (unpaired) electrons. The molecule has 2 amide bonds. The highest BCUT2D eigenvalue weighted by atomic mass is 35.5. The van der Waals surface area contributed by atoms with Crippen LogP contribution in [0.15, 0.2) is 53.4 Å². The lowest BCUT2D eigenvalue weighted by atomic mass is 10.1. The number of halogens is 1. The van der Waals surface area contributed by atoms with Crippen molar-refractivity contribution in [3.05, 3.63) is 69.6 Å². The van der Waals surface area contributed by atoms with Gasteiger partial charge in [-0.2, -0.15) is 0 Å². The van der Waals surface area contributed by atoms with Gasteiger partial charge in [-0.25, -0.2) is 0 Å². The minimum atomic E-state index is -0.929. The largest absolute Gasteiger partial charge is 0.481 e. The Morgan fingerprint density at radius 1 is 1.03 bits per heavy atom. The monoisotopic (exact) mass is 472 g/mol. The number of thiocarbonyl (C=S) groups is 1. The molecule has 31 heavy (non-hydrogen) atoms. The molecule has 4 rings (SSSR count). The van der Waals surface area contributed by atoms with Crippen molar-refractivity contribution in [2.75, 3.05) is 11.4 Å². The van der Waals surface area contributed by atoms with Crippen molar-refractivity contribution in [2.24, 2.45) is 0 Å². The molecule has 1 saturated heterocycles. The smallest absolute Gasteiger partial charge is 0.303 e. The first-order chi connectivity index (χ1) is 14.9. The molecule has 0 unspecified atom stereocenters. The Morgan fingerprint density at radius 2 is 1.74 bits per heavy atom. The molecule has 9 heteroatoms. The normalized spacial score (nSPS) is 18.2. The summed E-state index contributed by atoms with van der Waals surface area (Å²) in [7, 11) is 0. The van der Waals surface area contributed by atoms with Crippen LogP contribution < -0.4 is 4.90 Å². The maximum Gasteiger partial charge on any atom is 0.303 e. The van der Waals surface area contributed by atoms with E-state index in [1.807, 2.05) is 36.4 Å². The van der Waals surface area contributed by atoms with Gasteiger partial charge in [-0.15, -0.1) is 0 Å². The van der Waals surface area contributed by atoms with Crippen molar-refractivity contribution < 1.29 is 19.5 Å². The minimum Gasteiger partial charge on any atom is -0.481 e. The Morgan fingerprint density at radius 3 is 2.45 bits per heavy atom. The second kappa shape index (κ2) is 8.82. The summed E-state index contributed by atoms with van der Waals surface area (Å²) in [5.41, 5.74) is 2.67. The predicted octanol–water partition coefficient (Wildman–Crippen LogP) is 4.32. The van der Waals surface area contributed by atoms with Gasteiger partial charge in [-0.1, -0.05) is 65.9 Å². The fourth-order valence-electron chi connectivity index (χ4n) is 3.56. The van der Waals surface area contributed by atoms with Crippen molar-refractivity contribution >= 4 is 68.9 Å². The van der Waals surface area contributed by atoms with Gasteiger partial charge >= 0.3 is 5.97 Å². The number of carbonyl (C=O) groups is 3. The van der Waals surface area contributed by atoms with E-state index in [4.69, 9.17) is 28.9 Å². The summed E-state index contributed by atoms with van der Waals surface area (Å²) >= 11 is 12.4. The number of rotatable bonds is 6. The first-order valence-corrected chi connectivity index (χ1v) is 11.1. The summed E-state index contributed by atoms with van der Waals surface area (Å²) in [6, 6.07) is 14.6. The van der Waals surface area contributed by atoms with Gasteiger partial charge in [0.1, 0.15) is 4.32 Å². The van der Waals surface area contributed by atoms with Gasteiger partial charge in [0.05, 0.1) is 22.7 Å². The van der Waals surface area contributed by atoms with E-state index in [9.17, 15) is 14.4 Å². The number of carboxylic acids is 1. The first kappa shape index (κ1) is 21.5. The molecule has 0 atom stereocenters. The zero-order chi connectivity index (χ0) is 22.1. The van der Waals surface area contributed by atoms with E-state index in [-0.39, 0.29) is 36.1 Å². The number of amides is 2. The lowest BCUT2D eigenvalue weighted by Crippen LogP contribution is -2.30. The number of aliphatic carboxylic acids is 1. The maximum atomic E-state index is 13.4. The fourth-order valence-corrected chi connectivity index (χ4v) is 5.07. The van der Waals surface area contributed by atoms with Gasteiger partial charge in [0, 0.05) is 23.6 Å². The molecule has 2 aliphatic heterocycles. The van der Waals surface area contributed by atoms with E-state index in [2.05, 4.69) is 0 Å². The highest BCUT2D eigenvalue weighted by molar-refractivity contribution is 8.26. The van der Waals surface area contributed by atoms with E-state index in [0.29, 0.717) is 27.0 Å². The molecule has 1 fully saturated rings. The molecular formula is C22H17ClN2O4S2. The number of hydrogen-bond acceptors (Lipinski definition) is 5. The molecule has 2 heterocycles. The molecule has 0 aromatic heterocycles. The van der Waals surface area contributed by atoms with Crippen LogP contribution in [0.5, 0.6) is 0 Å². The number of fused-ring (bicyclic) bond motifs is 1. The van der Waals surface area contributed by atoms with Crippen LogP contribution >= 0.6 is 35.6 Å². The maximum absolute atomic E-state index is 13.4. The second-order valence-electron chi connectivity index (χ2n) is 7.06. The Balaban J connectivity index is 1.67. The van der Waals surface area contributed by atoms with Crippen LogP contribution in [0.3, 0.4) is 0 Å². The van der Waals surface area contributed by atoms with Crippen LogP contribution in [0, 0.1) is 0 Å². The summed E-state index contributed by atoms with van der Waals surface area (Å²) in [6.07, 6.45) is 0.233. The first-order valence-electron chi connectivity index (χ1n) is 9.52. The number of carbonyl (C=O) groups excluding carboxylic acids is 2. The molecule has 0 spiro atoms. The van der Waals surface area contributed by atoms with Crippen LogP contribution in [0.1, 0.15) is 24.0 Å². The highest BCUT2D eigenvalue weighted by Gasteiger charge is 2.41. The molecule has 6 nitrogen and oxygen atoms in total. The average Bonchev–Trinajstić information content (AvgIpc) is 3.17. The molecule has 2 aromatic carbocycles. The third kappa shape index (κ3) is 4.23. The molecule has 1 N–H and O–H groups in total. The molecule has 158 valence electrons. The Hall–Kier alpha value is -2.68. The number of hydrogen-bond donors (Lipinski definition) is 1. The number of thioether (sulfide) groups is 1. The van der Waals surface area contributed by atoms with Crippen molar-refractivity contribution in [1.82, 2.24) is 4.90 Å². The molecule has 2 aliphatic rings. The van der Waals surface area contributed by atoms with Crippen LogP contribution in [0.25, 0.3) is 5.57 Å². The molecule has 0 bridgehead atoms.